The van der Waals surface area contributed by atoms with Crippen molar-refractivity contribution >= 4 is 39.1 Å². The standard InChI is InChI=1S/C15H13BrCl2/c1-10-8-11(6-7-14(10)17)13(16)9-12-4-2-3-5-15(12)18/h2-8,13H,9H2,1H3. The van der Waals surface area contributed by atoms with Crippen molar-refractivity contribution < 1.29 is 0 Å². The van der Waals surface area contributed by atoms with E-state index in [9.17, 15) is 0 Å². The summed E-state index contributed by atoms with van der Waals surface area (Å²) in [6, 6.07) is 14.0. The molecule has 0 fully saturated rings. The molecule has 0 aliphatic carbocycles. The van der Waals surface area contributed by atoms with E-state index in [1.165, 1.54) is 5.56 Å². The van der Waals surface area contributed by atoms with Crippen LogP contribution in [-0.2, 0) is 6.42 Å². The van der Waals surface area contributed by atoms with Crippen molar-refractivity contribution in [3.05, 3.63) is 69.2 Å². The highest BCUT2D eigenvalue weighted by atomic mass is 79.9. The maximum atomic E-state index is 6.17. The second kappa shape index (κ2) is 6.10. The Hall–Kier alpha value is -0.500. The maximum Gasteiger partial charge on any atom is 0.0438 e. The third kappa shape index (κ3) is 3.28. The van der Waals surface area contributed by atoms with Gasteiger partial charge in [-0.15, -0.1) is 0 Å². The fourth-order valence-corrected chi connectivity index (χ4v) is 2.80. The van der Waals surface area contributed by atoms with Crippen molar-refractivity contribution in [1.29, 1.82) is 0 Å². The van der Waals surface area contributed by atoms with E-state index < -0.39 is 0 Å². The van der Waals surface area contributed by atoms with Gasteiger partial charge in [0, 0.05) is 14.9 Å². The Kier molecular flexibility index (Phi) is 4.71. The molecule has 0 aliphatic rings. The lowest BCUT2D eigenvalue weighted by atomic mass is 10.0. The Balaban J connectivity index is 2.19. The molecule has 0 aromatic heterocycles. The van der Waals surface area contributed by atoms with Crippen LogP contribution in [0.3, 0.4) is 0 Å². The summed E-state index contributed by atoms with van der Waals surface area (Å²) in [5.41, 5.74) is 3.46. The monoisotopic (exact) mass is 342 g/mol. The molecule has 0 nitrogen and oxygen atoms in total. The van der Waals surface area contributed by atoms with Crippen molar-refractivity contribution in [3.8, 4) is 0 Å². The topological polar surface area (TPSA) is 0 Å². The van der Waals surface area contributed by atoms with E-state index in [-0.39, 0.29) is 4.83 Å². The van der Waals surface area contributed by atoms with Gasteiger partial charge in [0.15, 0.2) is 0 Å². The van der Waals surface area contributed by atoms with Crippen molar-refractivity contribution in [2.45, 2.75) is 18.2 Å². The maximum absolute atomic E-state index is 6.17. The van der Waals surface area contributed by atoms with E-state index in [1.807, 2.05) is 37.3 Å². The van der Waals surface area contributed by atoms with Crippen LogP contribution >= 0.6 is 39.1 Å². The molecule has 18 heavy (non-hydrogen) atoms. The molecule has 0 N–H and O–H groups in total. The molecule has 0 saturated carbocycles. The highest BCUT2D eigenvalue weighted by Crippen LogP contribution is 2.31. The molecular weight excluding hydrogens is 331 g/mol. The second-order valence-electron chi connectivity index (χ2n) is 4.27. The molecule has 0 radical (unpaired) electrons. The molecule has 1 unspecified atom stereocenters. The minimum atomic E-state index is 0.244. The molecule has 3 heteroatoms. The first-order valence-corrected chi connectivity index (χ1v) is 7.38. The zero-order valence-electron chi connectivity index (χ0n) is 9.96. The van der Waals surface area contributed by atoms with Gasteiger partial charge in [0.1, 0.15) is 0 Å². The summed E-state index contributed by atoms with van der Waals surface area (Å²) in [5.74, 6) is 0. The molecule has 2 aromatic carbocycles. The van der Waals surface area contributed by atoms with Gasteiger partial charge in [-0.2, -0.15) is 0 Å². The quantitative estimate of drug-likeness (QED) is 0.601. The lowest BCUT2D eigenvalue weighted by Crippen LogP contribution is -1.96. The Morgan fingerprint density at radius 2 is 1.78 bits per heavy atom. The summed E-state index contributed by atoms with van der Waals surface area (Å²) in [6.45, 7) is 2.01. The van der Waals surface area contributed by atoms with E-state index in [2.05, 4.69) is 28.1 Å². The molecule has 0 amide bonds. The predicted molar refractivity (Wildman–Crippen MR) is 83.0 cm³/mol. The lowest BCUT2D eigenvalue weighted by molar-refractivity contribution is 0.947. The third-order valence-electron chi connectivity index (χ3n) is 2.90. The first kappa shape index (κ1) is 13.9. The molecule has 0 bridgehead atoms. The molecular formula is C15H13BrCl2. The SMILES string of the molecule is Cc1cc(C(Br)Cc2ccccc2Cl)ccc1Cl. The van der Waals surface area contributed by atoms with E-state index in [0.29, 0.717) is 0 Å². The normalized spacial score (nSPS) is 12.4. The molecule has 0 spiro atoms. The number of hydrogen-bond acceptors (Lipinski definition) is 0. The number of hydrogen-bond donors (Lipinski definition) is 0. The highest BCUT2D eigenvalue weighted by molar-refractivity contribution is 9.09. The molecule has 2 rings (SSSR count). The van der Waals surface area contributed by atoms with Gasteiger partial charge in [-0.3, -0.25) is 0 Å². The van der Waals surface area contributed by atoms with Gasteiger partial charge in [0.25, 0.3) is 0 Å². The van der Waals surface area contributed by atoms with Crippen LogP contribution < -0.4 is 0 Å². The Morgan fingerprint density at radius 3 is 2.44 bits per heavy atom. The van der Waals surface area contributed by atoms with Crippen LogP contribution in [0.25, 0.3) is 0 Å². The van der Waals surface area contributed by atoms with Gasteiger partial charge < -0.3 is 0 Å². The van der Waals surface area contributed by atoms with Crippen LogP contribution in [0.2, 0.25) is 10.0 Å². The summed E-state index contributed by atoms with van der Waals surface area (Å²) >= 11 is 15.9. The fourth-order valence-electron chi connectivity index (χ4n) is 1.84. The zero-order chi connectivity index (χ0) is 13.1. The van der Waals surface area contributed by atoms with Crippen LogP contribution in [0.4, 0.5) is 0 Å². The predicted octanol–water partition coefficient (Wildman–Crippen LogP) is 5.98. The van der Waals surface area contributed by atoms with Gasteiger partial charge in [-0.1, -0.05) is 69.5 Å². The summed E-state index contributed by atoms with van der Waals surface area (Å²) in [6.07, 6.45) is 0.862. The summed E-state index contributed by atoms with van der Waals surface area (Å²) in [5, 5.41) is 1.61. The molecule has 0 heterocycles. The summed E-state index contributed by atoms with van der Waals surface area (Å²) in [4.78, 5) is 0.244. The molecule has 1 atom stereocenters. The Bertz CT molecular complexity index is 552. The minimum Gasteiger partial charge on any atom is -0.0841 e. The van der Waals surface area contributed by atoms with Crippen LogP contribution in [0, 0.1) is 6.92 Å². The number of halogens is 3. The van der Waals surface area contributed by atoms with E-state index in [4.69, 9.17) is 23.2 Å². The van der Waals surface area contributed by atoms with Crippen LogP contribution in [-0.4, -0.2) is 0 Å². The average Bonchev–Trinajstić information content (AvgIpc) is 2.35. The second-order valence-corrected chi connectivity index (χ2v) is 6.19. The molecule has 0 aliphatic heterocycles. The van der Waals surface area contributed by atoms with Gasteiger partial charge in [-0.25, -0.2) is 0 Å². The van der Waals surface area contributed by atoms with Crippen LogP contribution in [0.1, 0.15) is 21.5 Å². The minimum absolute atomic E-state index is 0.244. The lowest BCUT2D eigenvalue weighted by Gasteiger charge is -2.12. The van der Waals surface area contributed by atoms with Crippen LogP contribution in [0.5, 0.6) is 0 Å². The van der Waals surface area contributed by atoms with Crippen LogP contribution in [0.15, 0.2) is 42.5 Å². The summed E-state index contributed by atoms with van der Waals surface area (Å²) < 4.78 is 0. The number of benzene rings is 2. The fraction of sp³-hybridized carbons (Fsp3) is 0.200. The Morgan fingerprint density at radius 1 is 1.06 bits per heavy atom. The highest BCUT2D eigenvalue weighted by Gasteiger charge is 2.11. The smallest absolute Gasteiger partial charge is 0.0438 e. The largest absolute Gasteiger partial charge is 0.0841 e. The van der Waals surface area contributed by atoms with Gasteiger partial charge >= 0.3 is 0 Å². The average molecular weight is 344 g/mol. The number of rotatable bonds is 3. The molecule has 2 aromatic rings. The van der Waals surface area contributed by atoms with E-state index in [1.54, 1.807) is 0 Å². The van der Waals surface area contributed by atoms with E-state index in [0.717, 1.165) is 27.6 Å². The van der Waals surface area contributed by atoms with Gasteiger partial charge in [-0.05, 0) is 42.2 Å². The first-order valence-electron chi connectivity index (χ1n) is 5.71. The van der Waals surface area contributed by atoms with Crippen molar-refractivity contribution in [1.82, 2.24) is 0 Å². The Labute approximate surface area is 126 Å². The molecule has 94 valence electrons. The van der Waals surface area contributed by atoms with Crippen molar-refractivity contribution in [2.24, 2.45) is 0 Å². The number of aryl methyl sites for hydroxylation is 1. The van der Waals surface area contributed by atoms with E-state index >= 15 is 0 Å². The van der Waals surface area contributed by atoms with Gasteiger partial charge in [0.05, 0.1) is 0 Å². The van der Waals surface area contributed by atoms with Crippen molar-refractivity contribution in [3.63, 3.8) is 0 Å². The third-order valence-corrected chi connectivity index (χ3v) is 4.55. The van der Waals surface area contributed by atoms with Gasteiger partial charge in [0.2, 0.25) is 0 Å². The first-order chi connectivity index (χ1) is 8.58. The number of alkyl halides is 1. The summed E-state index contributed by atoms with van der Waals surface area (Å²) in [7, 11) is 0. The zero-order valence-corrected chi connectivity index (χ0v) is 13.1. The molecule has 0 saturated heterocycles. The van der Waals surface area contributed by atoms with Crippen molar-refractivity contribution in [2.75, 3.05) is 0 Å².